The first-order valence-electron chi connectivity index (χ1n) is 7.09. The van der Waals surface area contributed by atoms with E-state index in [1.165, 1.54) is 17.7 Å². The van der Waals surface area contributed by atoms with Gasteiger partial charge in [0.15, 0.2) is 0 Å². The highest BCUT2D eigenvalue weighted by Crippen LogP contribution is 2.29. The van der Waals surface area contributed by atoms with E-state index >= 15 is 0 Å². The summed E-state index contributed by atoms with van der Waals surface area (Å²) in [6.07, 6.45) is 2.85. The fourth-order valence-corrected chi connectivity index (χ4v) is 2.64. The first-order valence-corrected chi connectivity index (χ1v) is 7.09. The van der Waals surface area contributed by atoms with Crippen molar-refractivity contribution in [3.63, 3.8) is 0 Å². The Labute approximate surface area is 117 Å². The van der Waals surface area contributed by atoms with Crippen molar-refractivity contribution >= 4 is 5.95 Å². The average Bonchev–Trinajstić information content (AvgIpc) is 3.08. The monoisotopic (exact) mass is 275 g/mol. The normalized spacial score (nSPS) is 18.7. The Morgan fingerprint density at radius 3 is 2.90 bits per heavy atom. The van der Waals surface area contributed by atoms with E-state index in [2.05, 4.69) is 22.0 Å². The molecule has 1 aliphatic rings. The van der Waals surface area contributed by atoms with Crippen molar-refractivity contribution in [1.82, 2.24) is 10.1 Å². The van der Waals surface area contributed by atoms with Crippen LogP contribution in [0.25, 0.3) is 0 Å². The molecule has 0 spiro atoms. The van der Waals surface area contributed by atoms with Crippen molar-refractivity contribution in [2.45, 2.75) is 32.1 Å². The van der Waals surface area contributed by atoms with Gasteiger partial charge in [0.05, 0.1) is 0 Å². The summed E-state index contributed by atoms with van der Waals surface area (Å²) in [5.41, 5.74) is 1.17. The van der Waals surface area contributed by atoms with E-state index < -0.39 is 0 Å². The second-order valence-electron chi connectivity index (χ2n) is 5.22. The molecule has 0 N–H and O–H groups in total. The van der Waals surface area contributed by atoms with Crippen molar-refractivity contribution in [2.75, 3.05) is 18.0 Å². The van der Waals surface area contributed by atoms with Crippen LogP contribution in [-0.4, -0.2) is 23.2 Å². The number of rotatable bonds is 4. The van der Waals surface area contributed by atoms with Crippen LogP contribution in [0.1, 0.15) is 37.1 Å². The van der Waals surface area contributed by atoms with E-state index in [0.29, 0.717) is 17.8 Å². The summed E-state index contributed by atoms with van der Waals surface area (Å²) in [5.74, 6) is 1.60. The lowest BCUT2D eigenvalue weighted by atomic mass is 9.99. The number of aromatic nitrogens is 2. The Kier molecular flexibility index (Phi) is 3.67. The number of hydrogen-bond acceptors (Lipinski definition) is 4. The Morgan fingerprint density at radius 1 is 1.35 bits per heavy atom. The van der Waals surface area contributed by atoms with Crippen molar-refractivity contribution in [3.8, 4) is 0 Å². The maximum atomic E-state index is 12.9. The fourth-order valence-electron chi connectivity index (χ4n) is 2.64. The number of nitrogens with zero attached hydrogens (tertiary/aromatic N) is 3. The lowest BCUT2D eigenvalue weighted by molar-refractivity contribution is 0.376. The van der Waals surface area contributed by atoms with Gasteiger partial charge in [-0.2, -0.15) is 4.98 Å². The standard InChI is InChI=1S/C15H18FN3O/c1-2-3-14-17-15(18-20-14)19-9-8-12(10-19)11-4-6-13(16)7-5-11/h4-7,12H,2-3,8-10H2,1H3. The van der Waals surface area contributed by atoms with Crippen LogP contribution in [0.4, 0.5) is 10.3 Å². The number of aryl methyl sites for hydroxylation is 1. The molecule has 1 aromatic carbocycles. The van der Waals surface area contributed by atoms with Crippen LogP contribution in [-0.2, 0) is 6.42 Å². The summed E-state index contributed by atoms with van der Waals surface area (Å²) in [5, 5.41) is 4.04. The van der Waals surface area contributed by atoms with Gasteiger partial charge in [-0.3, -0.25) is 0 Å². The van der Waals surface area contributed by atoms with Gasteiger partial charge < -0.3 is 9.42 Å². The number of anilines is 1. The summed E-state index contributed by atoms with van der Waals surface area (Å²) in [6.45, 7) is 3.86. The third kappa shape index (κ3) is 2.66. The summed E-state index contributed by atoms with van der Waals surface area (Å²) in [6, 6.07) is 6.77. The molecule has 1 aromatic heterocycles. The quantitative estimate of drug-likeness (QED) is 0.859. The minimum Gasteiger partial charge on any atom is -0.338 e. The van der Waals surface area contributed by atoms with Crippen LogP contribution in [0.3, 0.4) is 0 Å². The van der Waals surface area contributed by atoms with Crippen molar-refractivity contribution in [2.24, 2.45) is 0 Å². The zero-order chi connectivity index (χ0) is 13.9. The molecule has 2 heterocycles. The van der Waals surface area contributed by atoms with E-state index in [1.54, 1.807) is 0 Å². The molecule has 0 radical (unpaired) electrons. The SMILES string of the molecule is CCCc1nc(N2CCC(c3ccc(F)cc3)C2)no1. The molecule has 0 aliphatic carbocycles. The Morgan fingerprint density at radius 2 is 2.15 bits per heavy atom. The molecule has 0 bridgehead atoms. The highest BCUT2D eigenvalue weighted by atomic mass is 19.1. The van der Waals surface area contributed by atoms with E-state index in [9.17, 15) is 4.39 Å². The summed E-state index contributed by atoms with van der Waals surface area (Å²) in [7, 11) is 0. The molecule has 1 saturated heterocycles. The molecule has 3 rings (SSSR count). The molecule has 106 valence electrons. The summed E-state index contributed by atoms with van der Waals surface area (Å²) in [4.78, 5) is 6.55. The smallest absolute Gasteiger partial charge is 0.266 e. The third-order valence-electron chi connectivity index (χ3n) is 3.73. The molecule has 4 nitrogen and oxygen atoms in total. The molecule has 0 amide bonds. The van der Waals surface area contributed by atoms with Crippen LogP contribution < -0.4 is 4.90 Å². The van der Waals surface area contributed by atoms with Crippen LogP contribution in [0.15, 0.2) is 28.8 Å². The topological polar surface area (TPSA) is 42.2 Å². The van der Waals surface area contributed by atoms with Gasteiger partial charge in [-0.15, -0.1) is 0 Å². The zero-order valence-electron chi connectivity index (χ0n) is 11.6. The minimum absolute atomic E-state index is 0.189. The second-order valence-corrected chi connectivity index (χ2v) is 5.22. The third-order valence-corrected chi connectivity index (χ3v) is 3.73. The first-order chi connectivity index (χ1) is 9.76. The van der Waals surface area contributed by atoms with Gasteiger partial charge in [-0.1, -0.05) is 19.1 Å². The highest BCUT2D eigenvalue weighted by molar-refractivity contribution is 5.34. The van der Waals surface area contributed by atoms with Crippen LogP contribution >= 0.6 is 0 Å². The van der Waals surface area contributed by atoms with Crippen molar-refractivity contribution < 1.29 is 8.91 Å². The van der Waals surface area contributed by atoms with E-state index in [1.807, 2.05) is 12.1 Å². The molecule has 1 fully saturated rings. The van der Waals surface area contributed by atoms with Gasteiger partial charge in [-0.05, 0) is 35.7 Å². The zero-order valence-corrected chi connectivity index (χ0v) is 11.6. The van der Waals surface area contributed by atoms with Gasteiger partial charge in [0.2, 0.25) is 5.89 Å². The summed E-state index contributed by atoms with van der Waals surface area (Å²) >= 11 is 0. The summed E-state index contributed by atoms with van der Waals surface area (Å²) < 4.78 is 18.2. The molecular formula is C15H18FN3O. The van der Waals surface area contributed by atoms with E-state index in [-0.39, 0.29) is 5.82 Å². The highest BCUT2D eigenvalue weighted by Gasteiger charge is 2.26. The van der Waals surface area contributed by atoms with Gasteiger partial charge in [0.1, 0.15) is 5.82 Å². The fraction of sp³-hybridized carbons (Fsp3) is 0.467. The first kappa shape index (κ1) is 13.1. The number of hydrogen-bond donors (Lipinski definition) is 0. The largest absolute Gasteiger partial charge is 0.338 e. The Hall–Kier alpha value is -1.91. The minimum atomic E-state index is -0.189. The molecular weight excluding hydrogens is 257 g/mol. The second kappa shape index (κ2) is 5.61. The molecule has 1 unspecified atom stereocenters. The van der Waals surface area contributed by atoms with Crippen molar-refractivity contribution in [1.29, 1.82) is 0 Å². The number of halogens is 1. The Bertz CT molecular complexity index is 567. The van der Waals surface area contributed by atoms with Gasteiger partial charge in [0.25, 0.3) is 5.95 Å². The van der Waals surface area contributed by atoms with Gasteiger partial charge in [0, 0.05) is 25.4 Å². The average molecular weight is 275 g/mol. The maximum absolute atomic E-state index is 12.9. The predicted octanol–water partition coefficient (Wildman–Crippen LogP) is 3.16. The molecule has 20 heavy (non-hydrogen) atoms. The van der Waals surface area contributed by atoms with E-state index in [0.717, 1.165) is 32.4 Å². The van der Waals surface area contributed by atoms with Crippen molar-refractivity contribution in [3.05, 3.63) is 41.5 Å². The maximum Gasteiger partial charge on any atom is 0.266 e. The van der Waals surface area contributed by atoms with E-state index in [4.69, 9.17) is 4.52 Å². The molecule has 2 aromatic rings. The Balaban J connectivity index is 1.68. The molecule has 1 atom stereocenters. The van der Waals surface area contributed by atoms with Crippen LogP contribution in [0.2, 0.25) is 0 Å². The lowest BCUT2D eigenvalue weighted by Gasteiger charge is -2.13. The molecule has 1 aliphatic heterocycles. The van der Waals surface area contributed by atoms with Crippen LogP contribution in [0.5, 0.6) is 0 Å². The predicted molar refractivity (Wildman–Crippen MR) is 74.3 cm³/mol. The molecule has 5 heteroatoms. The van der Waals surface area contributed by atoms with Crippen LogP contribution in [0, 0.1) is 5.82 Å². The van der Waals surface area contributed by atoms with Gasteiger partial charge in [-0.25, -0.2) is 4.39 Å². The number of benzene rings is 1. The van der Waals surface area contributed by atoms with Gasteiger partial charge >= 0.3 is 0 Å². The lowest BCUT2D eigenvalue weighted by Crippen LogP contribution is -2.20. The molecule has 0 saturated carbocycles.